The average Bonchev–Trinajstić information content (AvgIpc) is 3.78. The van der Waals surface area contributed by atoms with E-state index in [4.69, 9.17) is 0 Å². The molecule has 9 aromatic rings. The minimum absolute atomic E-state index is 0.825. The Balaban J connectivity index is 1.13. The van der Waals surface area contributed by atoms with Crippen LogP contribution in [0, 0.1) is 0 Å². The van der Waals surface area contributed by atoms with E-state index in [1.54, 1.807) is 0 Å². The van der Waals surface area contributed by atoms with Crippen LogP contribution in [0.4, 0.5) is 0 Å². The molecule has 5 heteroatoms. The first-order chi connectivity index (χ1) is 21.3. The van der Waals surface area contributed by atoms with E-state index in [0.717, 1.165) is 39.4 Å². The van der Waals surface area contributed by atoms with Gasteiger partial charge in [-0.25, -0.2) is 4.68 Å². The summed E-state index contributed by atoms with van der Waals surface area (Å²) in [6.45, 7) is 0. The second kappa shape index (κ2) is 9.29. The number of para-hydroxylation sites is 6. The standard InChI is InChI=1S/C38H25N5/c1-5-15-33-28(11-1)29-12-2-6-16-34(29)42(33)27-23-21-26(22-24-27)32-25-41(40-39-32)37-19-9-10-20-38(37)43-35-17-7-3-13-30(35)31-14-4-8-18-36(31)43/h1-25H. The van der Waals surface area contributed by atoms with Crippen LogP contribution >= 0.6 is 0 Å². The van der Waals surface area contributed by atoms with E-state index in [9.17, 15) is 0 Å². The molecule has 0 atom stereocenters. The van der Waals surface area contributed by atoms with Crippen LogP contribution in [0.2, 0.25) is 0 Å². The Morgan fingerprint density at radius 3 is 1.37 bits per heavy atom. The lowest BCUT2D eigenvalue weighted by Crippen LogP contribution is -2.03. The van der Waals surface area contributed by atoms with Gasteiger partial charge in [0.1, 0.15) is 5.69 Å². The van der Waals surface area contributed by atoms with Crippen LogP contribution in [0.5, 0.6) is 0 Å². The van der Waals surface area contributed by atoms with Crippen molar-refractivity contribution in [1.82, 2.24) is 24.1 Å². The Labute approximate surface area is 247 Å². The summed E-state index contributed by atoms with van der Waals surface area (Å²) in [6.07, 6.45) is 2.02. The molecule has 0 fully saturated rings. The van der Waals surface area contributed by atoms with Gasteiger partial charge < -0.3 is 9.13 Å². The van der Waals surface area contributed by atoms with Crippen LogP contribution in [0.1, 0.15) is 0 Å². The summed E-state index contributed by atoms with van der Waals surface area (Å²) in [7, 11) is 0. The van der Waals surface area contributed by atoms with Crippen LogP contribution in [0.25, 0.3) is 71.9 Å². The third-order valence-electron chi connectivity index (χ3n) is 8.44. The molecule has 5 nitrogen and oxygen atoms in total. The minimum atomic E-state index is 0.825. The number of hydrogen-bond acceptors (Lipinski definition) is 2. The molecule has 0 spiro atoms. The Hall–Kier alpha value is -5.94. The first-order valence-electron chi connectivity index (χ1n) is 14.4. The highest BCUT2D eigenvalue weighted by molar-refractivity contribution is 6.10. The van der Waals surface area contributed by atoms with Crippen molar-refractivity contribution in [2.75, 3.05) is 0 Å². The normalized spacial score (nSPS) is 11.7. The first-order valence-corrected chi connectivity index (χ1v) is 14.4. The van der Waals surface area contributed by atoms with E-state index in [1.807, 2.05) is 10.9 Å². The van der Waals surface area contributed by atoms with Gasteiger partial charge in [0.2, 0.25) is 0 Å². The zero-order chi connectivity index (χ0) is 28.3. The third kappa shape index (κ3) is 3.58. The lowest BCUT2D eigenvalue weighted by molar-refractivity contribution is 0.798. The molecule has 0 aliphatic heterocycles. The molecule has 202 valence electrons. The molecule has 0 bridgehead atoms. The van der Waals surface area contributed by atoms with Crippen LogP contribution in [-0.4, -0.2) is 24.1 Å². The predicted octanol–water partition coefficient (Wildman–Crippen LogP) is 9.13. The summed E-state index contributed by atoms with van der Waals surface area (Å²) in [6, 6.07) is 51.2. The fourth-order valence-corrected chi connectivity index (χ4v) is 6.52. The van der Waals surface area contributed by atoms with Gasteiger partial charge in [-0.05, 0) is 48.5 Å². The fraction of sp³-hybridized carbons (Fsp3) is 0. The lowest BCUT2D eigenvalue weighted by atomic mass is 10.1. The third-order valence-corrected chi connectivity index (χ3v) is 8.44. The monoisotopic (exact) mass is 551 g/mol. The summed E-state index contributed by atoms with van der Waals surface area (Å²) >= 11 is 0. The van der Waals surface area contributed by atoms with Gasteiger partial charge in [0.15, 0.2) is 0 Å². The molecule has 0 aliphatic carbocycles. The Morgan fingerprint density at radius 2 is 0.837 bits per heavy atom. The van der Waals surface area contributed by atoms with Crippen molar-refractivity contribution in [3.05, 3.63) is 152 Å². The summed E-state index contributed by atoms with van der Waals surface area (Å²) in [4.78, 5) is 0. The predicted molar refractivity (Wildman–Crippen MR) is 175 cm³/mol. The number of fused-ring (bicyclic) bond motifs is 6. The molecule has 0 saturated heterocycles. The smallest absolute Gasteiger partial charge is 0.113 e. The maximum Gasteiger partial charge on any atom is 0.113 e. The molecule has 3 aromatic heterocycles. The topological polar surface area (TPSA) is 40.6 Å². The summed E-state index contributed by atoms with van der Waals surface area (Å²) < 4.78 is 6.53. The Kier molecular flexibility index (Phi) is 5.13. The summed E-state index contributed by atoms with van der Waals surface area (Å²) in [5.41, 5.74) is 9.70. The molecule has 0 unspecified atom stereocenters. The zero-order valence-electron chi connectivity index (χ0n) is 23.2. The molecule has 0 N–H and O–H groups in total. The van der Waals surface area contributed by atoms with Crippen LogP contribution in [0.15, 0.2) is 152 Å². The van der Waals surface area contributed by atoms with Gasteiger partial charge in [0.05, 0.1) is 39.6 Å². The molecule has 3 heterocycles. The van der Waals surface area contributed by atoms with Gasteiger partial charge in [-0.2, -0.15) is 0 Å². The molecule has 0 radical (unpaired) electrons. The summed E-state index contributed by atoms with van der Waals surface area (Å²) in [5, 5.41) is 14.2. The van der Waals surface area contributed by atoms with Crippen molar-refractivity contribution in [2.45, 2.75) is 0 Å². The Bertz CT molecular complexity index is 2350. The number of rotatable bonds is 4. The minimum Gasteiger partial charge on any atom is -0.309 e. The molecular formula is C38H25N5. The number of nitrogens with zero attached hydrogens (tertiary/aromatic N) is 5. The molecule has 0 saturated carbocycles. The van der Waals surface area contributed by atoms with E-state index < -0.39 is 0 Å². The van der Waals surface area contributed by atoms with Crippen LogP contribution in [0.3, 0.4) is 0 Å². The largest absolute Gasteiger partial charge is 0.309 e. The number of aromatic nitrogens is 5. The van der Waals surface area contributed by atoms with Gasteiger partial charge in [-0.1, -0.05) is 102 Å². The maximum atomic E-state index is 4.60. The molecule has 43 heavy (non-hydrogen) atoms. The van der Waals surface area contributed by atoms with E-state index in [1.165, 1.54) is 32.6 Å². The molecule has 0 aliphatic rings. The second-order valence-corrected chi connectivity index (χ2v) is 10.8. The van der Waals surface area contributed by atoms with Crippen molar-refractivity contribution >= 4 is 43.6 Å². The molecular weight excluding hydrogens is 526 g/mol. The second-order valence-electron chi connectivity index (χ2n) is 10.8. The highest BCUT2D eigenvalue weighted by atomic mass is 15.4. The maximum absolute atomic E-state index is 4.60. The highest BCUT2D eigenvalue weighted by Gasteiger charge is 2.17. The van der Waals surface area contributed by atoms with Gasteiger partial charge in [-0.15, -0.1) is 5.10 Å². The van der Waals surface area contributed by atoms with Gasteiger partial charge in [0.25, 0.3) is 0 Å². The first kappa shape index (κ1) is 23.7. The van der Waals surface area contributed by atoms with Crippen molar-refractivity contribution in [3.8, 4) is 28.3 Å². The number of benzene rings is 6. The fourth-order valence-electron chi connectivity index (χ4n) is 6.52. The van der Waals surface area contributed by atoms with Crippen molar-refractivity contribution in [2.24, 2.45) is 0 Å². The van der Waals surface area contributed by atoms with Gasteiger partial charge >= 0.3 is 0 Å². The van der Waals surface area contributed by atoms with E-state index in [0.29, 0.717) is 0 Å². The molecule has 9 rings (SSSR count). The van der Waals surface area contributed by atoms with Crippen molar-refractivity contribution < 1.29 is 0 Å². The summed E-state index contributed by atoms with van der Waals surface area (Å²) in [5.74, 6) is 0. The van der Waals surface area contributed by atoms with Gasteiger partial charge in [0, 0.05) is 32.8 Å². The zero-order valence-corrected chi connectivity index (χ0v) is 23.2. The molecule has 6 aromatic carbocycles. The van der Waals surface area contributed by atoms with Crippen LogP contribution in [-0.2, 0) is 0 Å². The van der Waals surface area contributed by atoms with Gasteiger partial charge in [-0.3, -0.25) is 0 Å². The quantitative estimate of drug-likeness (QED) is 0.219. The molecule has 0 amide bonds. The van der Waals surface area contributed by atoms with Crippen molar-refractivity contribution in [1.29, 1.82) is 0 Å². The van der Waals surface area contributed by atoms with E-state index in [-0.39, 0.29) is 0 Å². The van der Waals surface area contributed by atoms with E-state index in [2.05, 4.69) is 165 Å². The SMILES string of the molecule is c1ccc(-n2c3ccccc3c3ccccc32)c(-n2cc(-c3ccc(-n4c5ccccc5c5ccccc54)cc3)nn2)c1. The van der Waals surface area contributed by atoms with Crippen LogP contribution < -0.4 is 0 Å². The van der Waals surface area contributed by atoms with E-state index >= 15 is 0 Å². The lowest BCUT2D eigenvalue weighted by Gasteiger charge is -2.13. The average molecular weight is 552 g/mol. The highest BCUT2D eigenvalue weighted by Crippen LogP contribution is 2.35. The number of hydrogen-bond donors (Lipinski definition) is 0. The van der Waals surface area contributed by atoms with Crippen molar-refractivity contribution in [3.63, 3.8) is 0 Å². The Morgan fingerprint density at radius 1 is 0.395 bits per heavy atom.